The van der Waals surface area contributed by atoms with Crippen molar-refractivity contribution in [2.75, 3.05) is 24.7 Å². The zero-order chi connectivity index (χ0) is 25.5. The van der Waals surface area contributed by atoms with Crippen molar-refractivity contribution in [1.82, 2.24) is 0 Å². The number of alkyl halides is 3. The molecule has 1 unspecified atom stereocenters. The lowest BCUT2D eigenvalue weighted by Gasteiger charge is -2.29. The number of fused-ring (bicyclic) bond motifs is 1. The van der Waals surface area contributed by atoms with Gasteiger partial charge in [-0.25, -0.2) is 9.59 Å². The molecule has 1 aromatic rings. The molecule has 0 saturated carbocycles. The van der Waals surface area contributed by atoms with Gasteiger partial charge in [0.25, 0.3) is 5.09 Å². The first-order chi connectivity index (χ1) is 15.9. The van der Waals surface area contributed by atoms with Gasteiger partial charge in [-0.15, -0.1) is 10.1 Å². The van der Waals surface area contributed by atoms with E-state index in [0.29, 0.717) is 5.56 Å². The van der Waals surface area contributed by atoms with E-state index in [1.54, 1.807) is 0 Å². The molecule has 0 radical (unpaired) electrons. The molecule has 34 heavy (non-hydrogen) atoms. The van der Waals surface area contributed by atoms with Gasteiger partial charge in [0.2, 0.25) is 12.4 Å². The van der Waals surface area contributed by atoms with Crippen molar-refractivity contribution in [2.45, 2.75) is 32.4 Å². The maximum Gasteiger partial charge on any atom is 0.511 e. The van der Waals surface area contributed by atoms with Gasteiger partial charge >= 0.3 is 18.3 Å². The number of aryl methyl sites for hydroxylation is 1. The van der Waals surface area contributed by atoms with Gasteiger partial charge in [0.1, 0.15) is 19.0 Å². The lowest BCUT2D eigenvalue weighted by Crippen LogP contribution is -2.41. The van der Waals surface area contributed by atoms with E-state index in [4.69, 9.17) is 30.5 Å². The van der Waals surface area contributed by atoms with Crippen LogP contribution in [0.15, 0.2) is 17.7 Å². The van der Waals surface area contributed by atoms with Crippen LogP contribution < -0.4 is 4.74 Å². The number of rotatable bonds is 10. The molecule has 0 aromatic heterocycles. The number of esters is 1. The molecule has 1 aliphatic rings. The van der Waals surface area contributed by atoms with Crippen molar-refractivity contribution in [3.8, 4) is 5.75 Å². The molecule has 1 heterocycles. The summed E-state index contributed by atoms with van der Waals surface area (Å²) in [7, 11) is 0. The van der Waals surface area contributed by atoms with Gasteiger partial charge in [-0.1, -0.05) is 11.6 Å². The maximum atomic E-state index is 13.5. The van der Waals surface area contributed by atoms with E-state index in [1.165, 1.54) is 30.8 Å². The molecule has 0 spiro atoms. The standard InChI is InChI=1S/C19H19ClF3NO9S/c1-10-7-13(20)8-12-9-14(16(19(21,22)23)33-15(10)12)17(25)31-11(2)32-18(26)29-3-5-34-6-4-30-24(27)28/h7-9,11,16H,3-6H2,1-2H3/t11?,16-/m0/s1. The van der Waals surface area contributed by atoms with Crippen molar-refractivity contribution in [3.05, 3.63) is 44.0 Å². The summed E-state index contributed by atoms with van der Waals surface area (Å²) in [5.41, 5.74) is -0.339. The third-order valence-corrected chi connectivity index (χ3v) is 5.17. The van der Waals surface area contributed by atoms with E-state index < -0.39 is 41.4 Å². The smallest absolute Gasteiger partial charge is 0.475 e. The average Bonchev–Trinajstić information content (AvgIpc) is 2.70. The Balaban J connectivity index is 1.92. The minimum atomic E-state index is -4.93. The van der Waals surface area contributed by atoms with Gasteiger partial charge < -0.3 is 23.8 Å². The summed E-state index contributed by atoms with van der Waals surface area (Å²) in [5, 5.41) is 9.29. The van der Waals surface area contributed by atoms with Gasteiger partial charge in [0.15, 0.2) is 0 Å². The summed E-state index contributed by atoms with van der Waals surface area (Å²) in [6, 6.07) is 2.76. The van der Waals surface area contributed by atoms with Gasteiger partial charge in [0, 0.05) is 29.0 Å². The van der Waals surface area contributed by atoms with Crippen LogP contribution in [0.25, 0.3) is 6.08 Å². The lowest BCUT2D eigenvalue weighted by atomic mass is 9.99. The molecule has 0 aliphatic carbocycles. The predicted octanol–water partition coefficient (Wildman–Crippen LogP) is 4.34. The predicted molar refractivity (Wildman–Crippen MR) is 113 cm³/mol. The summed E-state index contributed by atoms with van der Waals surface area (Å²) in [6.45, 7) is 2.36. The van der Waals surface area contributed by atoms with Gasteiger partial charge in [-0.3, -0.25) is 0 Å². The Morgan fingerprint density at radius 1 is 1.26 bits per heavy atom. The molecule has 2 atom stereocenters. The van der Waals surface area contributed by atoms with Crippen LogP contribution in [-0.4, -0.2) is 60.5 Å². The summed E-state index contributed by atoms with van der Waals surface area (Å²) in [6.07, 6.45) is -9.36. The molecule has 0 N–H and O–H groups in total. The minimum absolute atomic E-state index is 0.0704. The maximum absolute atomic E-state index is 13.5. The molecule has 1 aliphatic heterocycles. The number of nitrogens with zero attached hydrogens (tertiary/aromatic N) is 1. The Morgan fingerprint density at radius 3 is 2.59 bits per heavy atom. The van der Waals surface area contributed by atoms with Crippen LogP contribution in [0.1, 0.15) is 18.1 Å². The second-order valence-electron chi connectivity index (χ2n) is 6.64. The largest absolute Gasteiger partial charge is 0.511 e. The number of benzene rings is 1. The van der Waals surface area contributed by atoms with Crippen LogP contribution in [0.5, 0.6) is 5.75 Å². The van der Waals surface area contributed by atoms with Crippen LogP contribution >= 0.6 is 23.4 Å². The highest BCUT2D eigenvalue weighted by molar-refractivity contribution is 7.99. The van der Waals surface area contributed by atoms with Crippen LogP contribution in [-0.2, 0) is 23.8 Å². The highest BCUT2D eigenvalue weighted by Crippen LogP contribution is 2.40. The summed E-state index contributed by atoms with van der Waals surface area (Å²) in [5.74, 6) is -0.937. The number of carbonyl (C=O) groups is 2. The van der Waals surface area contributed by atoms with Gasteiger partial charge in [-0.2, -0.15) is 24.9 Å². The van der Waals surface area contributed by atoms with E-state index in [2.05, 4.69) is 4.84 Å². The van der Waals surface area contributed by atoms with E-state index in [-0.39, 0.29) is 41.1 Å². The van der Waals surface area contributed by atoms with Gasteiger partial charge in [0.05, 0.1) is 5.57 Å². The van der Waals surface area contributed by atoms with Crippen molar-refractivity contribution >= 4 is 41.6 Å². The first-order valence-corrected chi connectivity index (χ1v) is 11.1. The third kappa shape index (κ3) is 8.17. The SMILES string of the molecule is Cc1cc(Cl)cc2c1O[C@H](C(F)(F)F)C(C(=O)OC(C)OC(=O)OCCSCCO[N+](=O)[O-])=C2. The highest BCUT2D eigenvalue weighted by Gasteiger charge is 2.49. The minimum Gasteiger partial charge on any atom is -0.475 e. The second kappa shape index (κ2) is 12.0. The Bertz CT molecular complexity index is 958. The first-order valence-electron chi connectivity index (χ1n) is 9.53. The van der Waals surface area contributed by atoms with Crippen LogP contribution in [0, 0.1) is 17.0 Å². The molecule has 188 valence electrons. The third-order valence-electron chi connectivity index (χ3n) is 4.04. The summed E-state index contributed by atoms with van der Waals surface area (Å²) >= 11 is 7.14. The average molecular weight is 530 g/mol. The van der Waals surface area contributed by atoms with Crippen LogP contribution in [0.3, 0.4) is 0 Å². The zero-order valence-corrected chi connectivity index (χ0v) is 19.3. The fraction of sp³-hybridized carbons (Fsp3) is 0.474. The number of carbonyl (C=O) groups excluding carboxylic acids is 2. The van der Waals surface area contributed by atoms with Crippen molar-refractivity contribution in [2.24, 2.45) is 0 Å². The number of hydrogen-bond donors (Lipinski definition) is 0. The Hall–Kier alpha value is -2.87. The van der Waals surface area contributed by atoms with Crippen LogP contribution in [0.4, 0.5) is 18.0 Å². The lowest BCUT2D eigenvalue weighted by molar-refractivity contribution is -0.756. The van der Waals surface area contributed by atoms with E-state index >= 15 is 0 Å². The Labute approximate surface area is 200 Å². The normalized spacial score (nSPS) is 15.8. The van der Waals surface area contributed by atoms with E-state index in [1.807, 2.05) is 0 Å². The molecule has 0 amide bonds. The second-order valence-corrected chi connectivity index (χ2v) is 8.30. The fourth-order valence-corrected chi connectivity index (χ4v) is 3.61. The molecule has 0 saturated heterocycles. The number of halogens is 4. The fourth-order valence-electron chi connectivity index (χ4n) is 2.73. The van der Waals surface area contributed by atoms with Crippen LogP contribution in [0.2, 0.25) is 5.02 Å². The monoisotopic (exact) mass is 529 g/mol. The Kier molecular flexibility index (Phi) is 9.67. The molecular formula is C19H19ClF3NO9S. The molecule has 0 bridgehead atoms. The number of thioether (sulfide) groups is 1. The molecule has 2 rings (SSSR count). The first kappa shape index (κ1) is 27.4. The quantitative estimate of drug-likeness (QED) is 0.142. The molecule has 15 heteroatoms. The van der Waals surface area contributed by atoms with E-state index in [0.717, 1.165) is 13.0 Å². The molecule has 10 nitrogen and oxygen atoms in total. The van der Waals surface area contributed by atoms with Crippen molar-refractivity contribution < 1.29 is 51.6 Å². The number of ether oxygens (including phenoxy) is 4. The summed E-state index contributed by atoms with van der Waals surface area (Å²) in [4.78, 5) is 38.2. The van der Waals surface area contributed by atoms with Crippen molar-refractivity contribution in [1.29, 1.82) is 0 Å². The zero-order valence-electron chi connectivity index (χ0n) is 17.8. The van der Waals surface area contributed by atoms with Gasteiger partial charge in [-0.05, 0) is 30.7 Å². The van der Waals surface area contributed by atoms with E-state index in [9.17, 15) is 32.9 Å². The molecule has 0 fully saturated rings. The Morgan fingerprint density at radius 2 is 1.94 bits per heavy atom. The number of hydrogen-bond acceptors (Lipinski definition) is 10. The topological polar surface area (TPSA) is 123 Å². The summed E-state index contributed by atoms with van der Waals surface area (Å²) < 4.78 is 59.9. The van der Waals surface area contributed by atoms with Crippen molar-refractivity contribution in [3.63, 3.8) is 0 Å². The molecule has 1 aromatic carbocycles. The molecular weight excluding hydrogens is 511 g/mol. The highest BCUT2D eigenvalue weighted by atomic mass is 35.5.